The van der Waals surface area contributed by atoms with E-state index >= 15 is 0 Å². The van der Waals surface area contributed by atoms with Crippen molar-refractivity contribution in [2.75, 3.05) is 13.7 Å². The van der Waals surface area contributed by atoms with Gasteiger partial charge in [-0.05, 0) is 5.56 Å². The van der Waals surface area contributed by atoms with E-state index in [1.165, 1.54) is 19.0 Å². The Kier molecular flexibility index (Phi) is 5.16. The summed E-state index contributed by atoms with van der Waals surface area (Å²) in [5, 5.41) is 1.52. The third-order valence-electron chi connectivity index (χ3n) is 2.08. The molecule has 1 aromatic carbocycles. The second-order valence-corrected chi connectivity index (χ2v) is 3.59. The zero-order valence-electron chi connectivity index (χ0n) is 9.97. The molecule has 0 aliphatic carbocycles. The number of benzene rings is 1. The molecule has 0 saturated heterocycles. The Bertz CT molecular complexity index is 379. The lowest BCUT2D eigenvalue weighted by Crippen LogP contribution is -2.43. The van der Waals surface area contributed by atoms with Crippen LogP contribution in [0.15, 0.2) is 30.3 Å². The Balaban J connectivity index is 2.63. The number of nitrogens with zero attached hydrogens (tertiary/aromatic N) is 1. The minimum Gasteiger partial charge on any atom is -0.468 e. The van der Waals surface area contributed by atoms with Gasteiger partial charge in [0.05, 0.1) is 7.11 Å². The van der Waals surface area contributed by atoms with Gasteiger partial charge in [-0.2, -0.15) is 0 Å². The number of carbonyl (C=O) groups is 2. The number of ether oxygens (including phenoxy) is 1. The van der Waals surface area contributed by atoms with Gasteiger partial charge in [0.15, 0.2) is 0 Å². The first kappa shape index (κ1) is 13.2. The van der Waals surface area contributed by atoms with Gasteiger partial charge in [0, 0.05) is 13.5 Å². The van der Waals surface area contributed by atoms with E-state index < -0.39 is 5.97 Å². The van der Waals surface area contributed by atoms with Crippen molar-refractivity contribution in [3.8, 4) is 0 Å². The molecule has 0 radical (unpaired) electrons. The lowest BCUT2D eigenvalue weighted by atomic mass is 10.2. The van der Waals surface area contributed by atoms with Gasteiger partial charge in [-0.3, -0.25) is 15.0 Å². The smallest absolute Gasteiger partial charge is 0.321 e. The van der Waals surface area contributed by atoms with Crippen LogP contribution >= 0.6 is 0 Å². The molecule has 0 atom stereocenters. The zero-order chi connectivity index (χ0) is 12.7. The summed E-state index contributed by atoms with van der Waals surface area (Å²) in [6.07, 6.45) is 0. The molecule has 0 heterocycles. The van der Waals surface area contributed by atoms with E-state index in [9.17, 15) is 9.59 Å². The van der Waals surface area contributed by atoms with Gasteiger partial charge in [0.25, 0.3) is 0 Å². The van der Waals surface area contributed by atoms with Crippen LogP contribution in [0.25, 0.3) is 0 Å². The highest BCUT2D eigenvalue weighted by molar-refractivity contribution is 5.74. The molecule has 0 bridgehead atoms. The molecule has 17 heavy (non-hydrogen) atoms. The average Bonchev–Trinajstić information content (AvgIpc) is 2.29. The van der Waals surface area contributed by atoms with Gasteiger partial charge in [-0.1, -0.05) is 30.3 Å². The third kappa shape index (κ3) is 5.12. The van der Waals surface area contributed by atoms with E-state index in [2.05, 4.69) is 10.2 Å². The Morgan fingerprint density at radius 3 is 2.47 bits per heavy atom. The van der Waals surface area contributed by atoms with Crippen molar-refractivity contribution in [1.29, 1.82) is 0 Å². The van der Waals surface area contributed by atoms with Crippen LogP contribution in [0, 0.1) is 0 Å². The summed E-state index contributed by atoms with van der Waals surface area (Å²) in [7, 11) is 1.32. The molecule has 5 nitrogen and oxygen atoms in total. The Hall–Kier alpha value is -1.88. The van der Waals surface area contributed by atoms with Crippen molar-refractivity contribution in [2.45, 2.75) is 13.5 Å². The molecule has 0 spiro atoms. The lowest BCUT2D eigenvalue weighted by molar-refractivity contribution is -0.143. The van der Waals surface area contributed by atoms with Gasteiger partial charge in [-0.15, -0.1) is 0 Å². The fourth-order valence-electron chi connectivity index (χ4n) is 1.38. The molecule has 0 unspecified atom stereocenters. The Labute approximate surface area is 100 Å². The van der Waals surface area contributed by atoms with Gasteiger partial charge in [0.2, 0.25) is 5.91 Å². The fraction of sp³-hybridized carbons (Fsp3) is 0.333. The summed E-state index contributed by atoms with van der Waals surface area (Å²) in [6.45, 7) is 1.87. The van der Waals surface area contributed by atoms with Crippen molar-refractivity contribution in [1.82, 2.24) is 10.4 Å². The van der Waals surface area contributed by atoms with Gasteiger partial charge in [-0.25, -0.2) is 5.01 Å². The quantitative estimate of drug-likeness (QED) is 0.604. The maximum Gasteiger partial charge on any atom is 0.321 e. The number of hydrogen-bond donors (Lipinski definition) is 1. The highest BCUT2D eigenvalue weighted by atomic mass is 16.5. The summed E-state index contributed by atoms with van der Waals surface area (Å²) < 4.78 is 4.57. The van der Waals surface area contributed by atoms with Crippen molar-refractivity contribution >= 4 is 11.9 Å². The number of carbonyl (C=O) groups excluding carboxylic acids is 2. The van der Waals surface area contributed by atoms with Gasteiger partial charge in [0.1, 0.15) is 6.54 Å². The second-order valence-electron chi connectivity index (χ2n) is 3.59. The number of rotatable bonds is 5. The standard InChI is InChI=1S/C12H16N2O3/c1-10(15)13-14(9-12(16)17-2)8-11-6-4-3-5-7-11/h3-7H,8-9H2,1-2H3,(H,13,15). The first-order valence-electron chi connectivity index (χ1n) is 5.24. The third-order valence-corrected chi connectivity index (χ3v) is 2.08. The van der Waals surface area contributed by atoms with E-state index in [4.69, 9.17) is 0 Å². The molecular formula is C12H16N2O3. The largest absolute Gasteiger partial charge is 0.468 e. The number of methoxy groups -OCH3 is 1. The molecule has 92 valence electrons. The minimum absolute atomic E-state index is 0.0188. The van der Waals surface area contributed by atoms with Crippen LogP contribution < -0.4 is 5.43 Å². The summed E-state index contributed by atoms with van der Waals surface area (Å²) >= 11 is 0. The van der Waals surface area contributed by atoms with Crippen molar-refractivity contribution < 1.29 is 14.3 Å². The lowest BCUT2D eigenvalue weighted by Gasteiger charge is -2.21. The van der Waals surface area contributed by atoms with Crippen LogP contribution in [0.4, 0.5) is 0 Å². The first-order chi connectivity index (χ1) is 8.11. The van der Waals surface area contributed by atoms with E-state index in [0.29, 0.717) is 6.54 Å². The highest BCUT2D eigenvalue weighted by Crippen LogP contribution is 2.02. The molecule has 0 aromatic heterocycles. The van der Waals surface area contributed by atoms with Gasteiger partial charge >= 0.3 is 5.97 Å². The molecule has 1 amide bonds. The summed E-state index contributed by atoms with van der Waals surface area (Å²) in [6, 6.07) is 9.56. The van der Waals surface area contributed by atoms with E-state index in [1.807, 2.05) is 30.3 Å². The van der Waals surface area contributed by atoms with Gasteiger partial charge < -0.3 is 4.74 Å². The molecule has 1 aromatic rings. The second kappa shape index (κ2) is 6.65. The van der Waals surface area contributed by atoms with Crippen LogP contribution in [0.3, 0.4) is 0 Å². The molecule has 1 N–H and O–H groups in total. The predicted octanol–water partition coefficient (Wildman–Crippen LogP) is 0.713. The minimum atomic E-state index is -0.394. The maximum absolute atomic E-state index is 11.2. The summed E-state index contributed by atoms with van der Waals surface area (Å²) in [5.74, 6) is -0.612. The normalized spacial score (nSPS) is 10.1. The van der Waals surface area contributed by atoms with Crippen LogP contribution in [0.5, 0.6) is 0 Å². The topological polar surface area (TPSA) is 58.6 Å². The van der Waals surface area contributed by atoms with Crippen molar-refractivity contribution in [3.63, 3.8) is 0 Å². The Morgan fingerprint density at radius 2 is 1.94 bits per heavy atom. The van der Waals surface area contributed by atoms with Crippen molar-refractivity contribution in [2.24, 2.45) is 0 Å². The predicted molar refractivity (Wildman–Crippen MR) is 62.7 cm³/mol. The zero-order valence-corrected chi connectivity index (χ0v) is 9.97. The monoisotopic (exact) mass is 236 g/mol. The number of esters is 1. The Morgan fingerprint density at radius 1 is 1.29 bits per heavy atom. The molecule has 1 rings (SSSR count). The fourth-order valence-corrected chi connectivity index (χ4v) is 1.38. The number of hydrazine groups is 1. The average molecular weight is 236 g/mol. The molecule has 0 aliphatic rings. The molecule has 0 saturated carbocycles. The molecule has 0 fully saturated rings. The van der Waals surface area contributed by atoms with E-state index in [-0.39, 0.29) is 12.5 Å². The SMILES string of the molecule is COC(=O)CN(Cc1ccccc1)NC(C)=O. The number of nitrogens with one attached hydrogen (secondary N) is 1. The summed E-state index contributed by atoms with van der Waals surface area (Å²) in [5.41, 5.74) is 3.59. The van der Waals surface area contributed by atoms with Crippen LogP contribution in [0.1, 0.15) is 12.5 Å². The summed E-state index contributed by atoms with van der Waals surface area (Å²) in [4.78, 5) is 22.2. The van der Waals surface area contributed by atoms with Crippen LogP contribution in [-0.2, 0) is 20.9 Å². The van der Waals surface area contributed by atoms with Crippen LogP contribution in [-0.4, -0.2) is 30.5 Å². The molecular weight excluding hydrogens is 220 g/mol. The van der Waals surface area contributed by atoms with Crippen molar-refractivity contribution in [3.05, 3.63) is 35.9 Å². The first-order valence-corrected chi connectivity index (χ1v) is 5.24. The van der Waals surface area contributed by atoms with E-state index in [0.717, 1.165) is 5.56 Å². The number of amides is 1. The van der Waals surface area contributed by atoms with E-state index in [1.54, 1.807) is 0 Å². The molecule has 5 heteroatoms. The van der Waals surface area contributed by atoms with Crippen LogP contribution in [0.2, 0.25) is 0 Å². The number of hydrogen-bond acceptors (Lipinski definition) is 4. The highest BCUT2D eigenvalue weighted by Gasteiger charge is 2.12. The maximum atomic E-state index is 11.2. The molecule has 0 aliphatic heterocycles.